The van der Waals surface area contributed by atoms with Crippen LogP contribution in [0.4, 0.5) is 0 Å². The molecule has 2 aromatic carbocycles. The van der Waals surface area contributed by atoms with Crippen molar-refractivity contribution in [1.82, 2.24) is 10.6 Å². The van der Waals surface area contributed by atoms with Gasteiger partial charge in [0, 0.05) is 37.2 Å². The summed E-state index contributed by atoms with van der Waals surface area (Å²) in [6.07, 6.45) is 2.09. The largest absolute Gasteiger partial charge is 0.491 e. The summed E-state index contributed by atoms with van der Waals surface area (Å²) in [5.41, 5.74) is 2.38. The van der Waals surface area contributed by atoms with Gasteiger partial charge in [-0.15, -0.1) is 0 Å². The molecule has 0 atom stereocenters. The lowest BCUT2D eigenvalue weighted by Crippen LogP contribution is -2.24. The van der Waals surface area contributed by atoms with Crippen molar-refractivity contribution in [3.8, 4) is 5.75 Å². The van der Waals surface area contributed by atoms with E-state index in [1.165, 1.54) is 0 Å². The van der Waals surface area contributed by atoms with Gasteiger partial charge in [-0.05, 0) is 56.2 Å². The Morgan fingerprint density at radius 3 is 2.66 bits per heavy atom. The highest BCUT2D eigenvalue weighted by Crippen LogP contribution is 2.24. The molecule has 1 heterocycles. The molecule has 0 fully saturated rings. The van der Waals surface area contributed by atoms with Gasteiger partial charge in [-0.25, -0.2) is 0 Å². The monoisotopic (exact) mass is 433 g/mol. The highest BCUT2D eigenvalue weighted by Gasteiger charge is 2.13. The number of nitrogens with zero attached hydrogens (tertiary/aromatic N) is 1. The lowest BCUT2D eigenvalue weighted by atomic mass is 10.1. The first-order valence-corrected chi connectivity index (χ1v) is 10.5. The molecule has 0 bridgehead atoms. The first-order valence-electron chi connectivity index (χ1n) is 9.71. The number of nitrogens with one attached hydrogen (secondary N) is 2. The number of carbonyl (C=O) groups excluding carboxylic acids is 1. The Morgan fingerprint density at radius 1 is 1.14 bits per heavy atom. The van der Waals surface area contributed by atoms with Crippen molar-refractivity contribution in [3.63, 3.8) is 0 Å². The van der Waals surface area contributed by atoms with E-state index in [0.717, 1.165) is 42.1 Å². The Labute approximate surface area is 181 Å². The van der Waals surface area contributed by atoms with Crippen molar-refractivity contribution in [2.75, 3.05) is 6.54 Å². The third-order valence-corrected chi connectivity index (χ3v) is 5.22. The van der Waals surface area contributed by atoms with Crippen LogP contribution in [-0.4, -0.2) is 24.4 Å². The molecule has 0 spiro atoms. The van der Waals surface area contributed by atoms with Gasteiger partial charge < -0.3 is 15.4 Å². The Balaban J connectivity index is 1.70. The first kappa shape index (κ1) is 21.5. The summed E-state index contributed by atoms with van der Waals surface area (Å²) in [6, 6.07) is 10.8. The fourth-order valence-electron chi connectivity index (χ4n) is 3.04. The van der Waals surface area contributed by atoms with Crippen molar-refractivity contribution in [2.24, 2.45) is 4.99 Å². The topological polar surface area (TPSA) is 62.7 Å². The molecule has 0 saturated heterocycles. The van der Waals surface area contributed by atoms with E-state index in [-0.39, 0.29) is 12.0 Å². The zero-order chi connectivity index (χ0) is 20.8. The van der Waals surface area contributed by atoms with E-state index in [1.54, 1.807) is 18.2 Å². The molecule has 2 N–H and O–H groups in total. The fraction of sp³-hybridized carbons (Fsp3) is 0.364. The normalized spacial score (nSPS) is 13.3. The summed E-state index contributed by atoms with van der Waals surface area (Å²) in [5, 5.41) is 7.24. The number of amides is 1. The maximum atomic E-state index is 12.7. The highest BCUT2D eigenvalue weighted by atomic mass is 35.5. The Kier molecular flexibility index (Phi) is 7.40. The van der Waals surface area contributed by atoms with E-state index in [2.05, 4.69) is 15.6 Å². The number of benzene rings is 2. The van der Waals surface area contributed by atoms with Crippen molar-refractivity contribution in [3.05, 3.63) is 63.1 Å². The van der Waals surface area contributed by atoms with Gasteiger partial charge in [0.1, 0.15) is 5.75 Å². The van der Waals surface area contributed by atoms with E-state index in [4.69, 9.17) is 27.9 Å². The second kappa shape index (κ2) is 9.99. The van der Waals surface area contributed by atoms with Gasteiger partial charge in [-0.1, -0.05) is 29.3 Å². The number of halogens is 2. The van der Waals surface area contributed by atoms with Crippen LogP contribution in [0.5, 0.6) is 5.75 Å². The van der Waals surface area contributed by atoms with E-state index < -0.39 is 0 Å². The summed E-state index contributed by atoms with van der Waals surface area (Å²) in [4.78, 5) is 17.1. The van der Waals surface area contributed by atoms with E-state index in [1.807, 2.05) is 32.0 Å². The molecule has 0 aliphatic carbocycles. The number of ether oxygens (including phenoxy) is 1. The van der Waals surface area contributed by atoms with Crippen molar-refractivity contribution >= 4 is 34.9 Å². The molecule has 1 aliphatic rings. The maximum Gasteiger partial charge on any atom is 0.251 e. The quantitative estimate of drug-likeness (QED) is 0.645. The second-order valence-electron chi connectivity index (χ2n) is 7.21. The summed E-state index contributed by atoms with van der Waals surface area (Å²) >= 11 is 12.0. The average molecular weight is 434 g/mol. The van der Waals surface area contributed by atoms with Crippen LogP contribution in [0.2, 0.25) is 10.0 Å². The zero-order valence-corrected chi connectivity index (χ0v) is 18.1. The van der Waals surface area contributed by atoms with E-state index >= 15 is 0 Å². The zero-order valence-electron chi connectivity index (χ0n) is 16.6. The lowest BCUT2D eigenvalue weighted by molar-refractivity contribution is 0.0950. The Morgan fingerprint density at radius 2 is 1.97 bits per heavy atom. The summed E-state index contributed by atoms with van der Waals surface area (Å²) in [7, 11) is 0. The number of carbonyl (C=O) groups is 1. The second-order valence-corrected chi connectivity index (χ2v) is 8.02. The van der Waals surface area contributed by atoms with Crippen LogP contribution in [0, 0.1) is 0 Å². The summed E-state index contributed by atoms with van der Waals surface area (Å²) in [6.45, 7) is 5.76. The first-order chi connectivity index (χ1) is 13.9. The molecule has 0 radical (unpaired) electrons. The fourth-order valence-corrected chi connectivity index (χ4v) is 3.36. The third kappa shape index (κ3) is 6.12. The van der Waals surface area contributed by atoms with Crippen molar-refractivity contribution < 1.29 is 9.53 Å². The van der Waals surface area contributed by atoms with Crippen molar-refractivity contribution in [2.45, 2.75) is 45.9 Å². The molecule has 3 rings (SSSR count). The van der Waals surface area contributed by atoms with Crippen LogP contribution < -0.4 is 15.4 Å². The smallest absolute Gasteiger partial charge is 0.251 e. The van der Waals surface area contributed by atoms with E-state index in [9.17, 15) is 4.79 Å². The van der Waals surface area contributed by atoms with Crippen molar-refractivity contribution in [1.29, 1.82) is 0 Å². The number of hydrogen-bond donors (Lipinski definition) is 2. The number of rotatable bonds is 7. The van der Waals surface area contributed by atoms with Gasteiger partial charge >= 0.3 is 0 Å². The molecule has 154 valence electrons. The highest BCUT2D eigenvalue weighted by molar-refractivity contribution is 6.42. The predicted octanol–water partition coefficient (Wildman–Crippen LogP) is 4.99. The number of amidine groups is 1. The van der Waals surface area contributed by atoms with Crippen LogP contribution in [0.1, 0.15) is 48.2 Å². The van der Waals surface area contributed by atoms with Gasteiger partial charge in [-0.3, -0.25) is 9.79 Å². The Hall–Kier alpha value is -2.24. The van der Waals surface area contributed by atoms with Gasteiger partial charge in [0.25, 0.3) is 5.91 Å². The van der Waals surface area contributed by atoms with Crippen LogP contribution in [-0.2, 0) is 13.1 Å². The van der Waals surface area contributed by atoms with E-state index in [0.29, 0.717) is 28.7 Å². The third-order valence-electron chi connectivity index (χ3n) is 4.48. The van der Waals surface area contributed by atoms with Crippen LogP contribution in [0.15, 0.2) is 41.4 Å². The molecule has 1 amide bonds. The molecule has 29 heavy (non-hydrogen) atoms. The molecule has 0 saturated carbocycles. The molecular formula is C22H25Cl2N3O2. The van der Waals surface area contributed by atoms with Gasteiger partial charge in [0.05, 0.1) is 22.0 Å². The molecule has 0 aromatic heterocycles. The maximum absolute atomic E-state index is 12.7. The number of hydrogen-bond acceptors (Lipinski definition) is 4. The summed E-state index contributed by atoms with van der Waals surface area (Å²) in [5.74, 6) is 1.62. The molecule has 7 heteroatoms. The van der Waals surface area contributed by atoms with Gasteiger partial charge in [-0.2, -0.15) is 0 Å². The predicted molar refractivity (Wildman–Crippen MR) is 118 cm³/mol. The molecule has 1 aliphatic heterocycles. The average Bonchev–Trinajstić information content (AvgIpc) is 3.21. The number of aliphatic imine (C=N–C) groups is 1. The van der Waals surface area contributed by atoms with Crippen LogP contribution >= 0.6 is 23.2 Å². The minimum absolute atomic E-state index is 0.0481. The minimum Gasteiger partial charge on any atom is -0.491 e. The lowest BCUT2D eigenvalue weighted by Gasteiger charge is -2.16. The molecular weight excluding hydrogens is 409 g/mol. The van der Waals surface area contributed by atoms with Gasteiger partial charge in [0.2, 0.25) is 0 Å². The molecule has 2 aromatic rings. The molecule has 5 nitrogen and oxygen atoms in total. The van der Waals surface area contributed by atoms with Crippen LogP contribution in [0.25, 0.3) is 0 Å². The molecule has 0 unspecified atom stereocenters. The SMILES string of the molecule is CC(C)Oc1ccc(C(=O)NCc2ccc(Cl)c(Cl)c2)cc1CNC1=NCCC1. The van der Waals surface area contributed by atoms with Gasteiger partial charge in [0.15, 0.2) is 0 Å². The minimum atomic E-state index is -0.161. The standard InChI is InChI=1S/C22H25Cl2N3O2/c1-14(2)29-20-8-6-16(11-17(20)13-26-21-4-3-9-25-21)22(28)27-12-15-5-7-18(23)19(24)10-15/h5-8,10-11,14H,3-4,9,12-13H2,1-2H3,(H,25,26)(H,27,28). The van der Waals surface area contributed by atoms with Crippen LogP contribution in [0.3, 0.4) is 0 Å². The Bertz CT molecular complexity index is 913. The summed E-state index contributed by atoms with van der Waals surface area (Å²) < 4.78 is 5.91.